The van der Waals surface area contributed by atoms with Gasteiger partial charge in [0.25, 0.3) is 0 Å². The zero-order valence-electron chi connectivity index (χ0n) is 10.2. The predicted molar refractivity (Wildman–Crippen MR) is 73.9 cm³/mol. The van der Waals surface area contributed by atoms with Gasteiger partial charge in [0.2, 0.25) is 0 Å². The number of benzene rings is 1. The van der Waals surface area contributed by atoms with Crippen LogP contribution in [-0.2, 0) is 4.79 Å². The van der Waals surface area contributed by atoms with Crippen LogP contribution in [0.2, 0.25) is 5.02 Å². The molecular formula is C13H15ClN2O3. The van der Waals surface area contributed by atoms with E-state index in [9.17, 15) is 9.59 Å². The summed E-state index contributed by atoms with van der Waals surface area (Å²) in [7, 11) is 0. The molecule has 1 rings (SSSR count). The van der Waals surface area contributed by atoms with E-state index in [1.165, 1.54) is 6.20 Å². The van der Waals surface area contributed by atoms with E-state index in [4.69, 9.17) is 16.7 Å². The Kier molecular flexibility index (Phi) is 6.46. The molecule has 0 saturated carbocycles. The maximum atomic E-state index is 11.3. The number of carbonyl (C=O) groups excluding carboxylic acids is 1. The Labute approximate surface area is 116 Å². The highest BCUT2D eigenvalue weighted by atomic mass is 35.5. The standard InChI is InChI=1S/C13H15ClN2O3/c14-11-5-3-10(4-6-11)7-9-16-13(19)15-8-1-2-12(17)18/h3-7,9H,1-2,8H2,(H,17,18)(H2,15,16,19)/b9-7+. The number of aliphatic carboxylic acids is 1. The van der Waals surface area contributed by atoms with Crippen LogP contribution < -0.4 is 10.6 Å². The molecule has 0 aromatic heterocycles. The number of amides is 2. The van der Waals surface area contributed by atoms with E-state index in [0.717, 1.165) is 5.56 Å². The van der Waals surface area contributed by atoms with Gasteiger partial charge >= 0.3 is 12.0 Å². The second-order valence-electron chi connectivity index (χ2n) is 3.78. The Hall–Kier alpha value is -2.01. The van der Waals surface area contributed by atoms with Gasteiger partial charge in [-0.05, 0) is 30.2 Å². The molecule has 0 aliphatic heterocycles. The molecule has 5 nitrogen and oxygen atoms in total. The minimum absolute atomic E-state index is 0.0426. The van der Waals surface area contributed by atoms with Crippen LogP contribution in [0.25, 0.3) is 6.08 Å². The summed E-state index contributed by atoms with van der Waals surface area (Å²) < 4.78 is 0. The molecule has 0 bridgehead atoms. The Morgan fingerprint density at radius 2 is 1.95 bits per heavy atom. The first-order valence-electron chi connectivity index (χ1n) is 5.76. The van der Waals surface area contributed by atoms with Crippen molar-refractivity contribution in [2.24, 2.45) is 0 Å². The number of hydrogen-bond acceptors (Lipinski definition) is 2. The topological polar surface area (TPSA) is 78.4 Å². The average molecular weight is 283 g/mol. The molecule has 0 unspecified atom stereocenters. The van der Waals surface area contributed by atoms with Crippen molar-refractivity contribution in [3.63, 3.8) is 0 Å². The number of rotatable bonds is 6. The monoisotopic (exact) mass is 282 g/mol. The van der Waals surface area contributed by atoms with Crippen molar-refractivity contribution in [2.45, 2.75) is 12.8 Å². The highest BCUT2D eigenvalue weighted by Crippen LogP contribution is 2.10. The van der Waals surface area contributed by atoms with Gasteiger partial charge in [-0.25, -0.2) is 4.79 Å². The van der Waals surface area contributed by atoms with E-state index < -0.39 is 5.97 Å². The van der Waals surface area contributed by atoms with Crippen LogP contribution in [-0.4, -0.2) is 23.7 Å². The second kappa shape index (κ2) is 8.16. The fourth-order valence-electron chi connectivity index (χ4n) is 1.28. The zero-order chi connectivity index (χ0) is 14.1. The predicted octanol–water partition coefficient (Wildman–Crippen LogP) is 2.47. The van der Waals surface area contributed by atoms with Gasteiger partial charge in [-0.15, -0.1) is 0 Å². The fourth-order valence-corrected chi connectivity index (χ4v) is 1.41. The van der Waals surface area contributed by atoms with E-state index in [1.54, 1.807) is 18.2 Å². The lowest BCUT2D eigenvalue weighted by molar-refractivity contribution is -0.137. The molecule has 0 saturated heterocycles. The molecule has 0 heterocycles. The van der Waals surface area contributed by atoms with Crippen molar-refractivity contribution in [3.8, 4) is 0 Å². The molecule has 102 valence electrons. The number of carboxylic acids is 1. The van der Waals surface area contributed by atoms with Crippen molar-refractivity contribution in [1.29, 1.82) is 0 Å². The SMILES string of the molecule is O=C(O)CCCNC(=O)N/C=C/c1ccc(Cl)cc1. The molecule has 0 aliphatic rings. The second-order valence-corrected chi connectivity index (χ2v) is 4.22. The molecule has 1 aromatic carbocycles. The van der Waals surface area contributed by atoms with Gasteiger partial charge in [0.15, 0.2) is 0 Å². The molecule has 0 aliphatic carbocycles. The normalized spacial score (nSPS) is 10.4. The summed E-state index contributed by atoms with van der Waals surface area (Å²) in [6.07, 6.45) is 3.69. The van der Waals surface area contributed by atoms with Crippen LogP contribution >= 0.6 is 11.6 Å². The Morgan fingerprint density at radius 3 is 2.58 bits per heavy atom. The number of hydrogen-bond donors (Lipinski definition) is 3. The van der Waals surface area contributed by atoms with Gasteiger partial charge in [-0.2, -0.15) is 0 Å². The smallest absolute Gasteiger partial charge is 0.318 e. The number of carboxylic acid groups (broad SMARTS) is 1. The van der Waals surface area contributed by atoms with Gasteiger partial charge in [0, 0.05) is 24.2 Å². The van der Waals surface area contributed by atoms with Crippen LogP contribution in [0.5, 0.6) is 0 Å². The van der Waals surface area contributed by atoms with E-state index in [-0.39, 0.29) is 12.5 Å². The van der Waals surface area contributed by atoms with Gasteiger partial charge in [0.1, 0.15) is 0 Å². The molecule has 0 atom stereocenters. The first-order chi connectivity index (χ1) is 9.08. The quantitative estimate of drug-likeness (QED) is 0.701. The highest BCUT2D eigenvalue weighted by molar-refractivity contribution is 6.30. The lowest BCUT2D eigenvalue weighted by Crippen LogP contribution is -2.32. The maximum Gasteiger partial charge on any atom is 0.318 e. The van der Waals surface area contributed by atoms with E-state index >= 15 is 0 Å². The minimum atomic E-state index is -0.871. The molecule has 0 radical (unpaired) electrons. The zero-order valence-corrected chi connectivity index (χ0v) is 11.0. The Bertz CT molecular complexity index is 457. The first kappa shape index (κ1) is 15.0. The third-order valence-electron chi connectivity index (χ3n) is 2.21. The van der Waals surface area contributed by atoms with Crippen LogP contribution in [0.3, 0.4) is 0 Å². The van der Waals surface area contributed by atoms with E-state index in [2.05, 4.69) is 10.6 Å². The number of urea groups is 1. The molecule has 2 amide bonds. The summed E-state index contributed by atoms with van der Waals surface area (Å²) in [6, 6.07) is 6.80. The average Bonchev–Trinajstić information content (AvgIpc) is 2.37. The van der Waals surface area contributed by atoms with Crippen LogP contribution in [0.15, 0.2) is 30.5 Å². The van der Waals surface area contributed by atoms with E-state index in [0.29, 0.717) is 18.0 Å². The number of halogens is 1. The first-order valence-corrected chi connectivity index (χ1v) is 6.14. The third kappa shape index (κ3) is 7.10. The van der Waals surface area contributed by atoms with Crippen molar-refractivity contribution < 1.29 is 14.7 Å². The third-order valence-corrected chi connectivity index (χ3v) is 2.47. The summed E-state index contributed by atoms with van der Waals surface area (Å²) in [5.74, 6) is -0.871. The molecular weight excluding hydrogens is 268 g/mol. The molecule has 3 N–H and O–H groups in total. The van der Waals surface area contributed by atoms with Crippen LogP contribution in [0, 0.1) is 0 Å². The molecule has 19 heavy (non-hydrogen) atoms. The maximum absolute atomic E-state index is 11.3. The van der Waals surface area contributed by atoms with Gasteiger partial charge in [-0.3, -0.25) is 4.79 Å². The van der Waals surface area contributed by atoms with E-state index in [1.807, 2.05) is 12.1 Å². The van der Waals surface area contributed by atoms with Crippen molar-refractivity contribution >= 4 is 29.7 Å². The largest absolute Gasteiger partial charge is 0.481 e. The Morgan fingerprint density at radius 1 is 1.26 bits per heavy atom. The number of nitrogens with one attached hydrogen (secondary N) is 2. The summed E-state index contributed by atoms with van der Waals surface area (Å²) in [5, 5.41) is 14.1. The number of carbonyl (C=O) groups is 2. The van der Waals surface area contributed by atoms with Gasteiger partial charge in [-0.1, -0.05) is 23.7 Å². The highest BCUT2D eigenvalue weighted by Gasteiger charge is 1.98. The van der Waals surface area contributed by atoms with Crippen molar-refractivity contribution in [2.75, 3.05) is 6.54 Å². The van der Waals surface area contributed by atoms with Crippen LogP contribution in [0.4, 0.5) is 4.79 Å². The summed E-state index contributed by atoms with van der Waals surface area (Å²) >= 11 is 5.74. The van der Waals surface area contributed by atoms with Crippen molar-refractivity contribution in [1.82, 2.24) is 10.6 Å². The van der Waals surface area contributed by atoms with Gasteiger partial charge < -0.3 is 15.7 Å². The summed E-state index contributed by atoms with van der Waals surface area (Å²) in [4.78, 5) is 21.5. The molecule has 1 aromatic rings. The summed E-state index contributed by atoms with van der Waals surface area (Å²) in [5.41, 5.74) is 0.913. The lowest BCUT2D eigenvalue weighted by Gasteiger charge is -2.02. The van der Waals surface area contributed by atoms with Crippen LogP contribution in [0.1, 0.15) is 18.4 Å². The minimum Gasteiger partial charge on any atom is -0.481 e. The molecule has 6 heteroatoms. The molecule has 0 spiro atoms. The van der Waals surface area contributed by atoms with Gasteiger partial charge in [0.05, 0.1) is 0 Å². The fraction of sp³-hybridized carbons (Fsp3) is 0.231. The summed E-state index contributed by atoms with van der Waals surface area (Å²) in [6.45, 7) is 0.326. The van der Waals surface area contributed by atoms with Crippen molar-refractivity contribution in [3.05, 3.63) is 41.1 Å². The molecule has 0 fully saturated rings. The Balaban J connectivity index is 2.22. The lowest BCUT2D eigenvalue weighted by atomic mass is 10.2.